The molecular weight excluding hydrogens is 492 g/mol. The van der Waals surface area contributed by atoms with Crippen LogP contribution in [0.1, 0.15) is 49.4 Å². The van der Waals surface area contributed by atoms with E-state index in [4.69, 9.17) is 4.74 Å². The zero-order valence-corrected chi connectivity index (χ0v) is 21.5. The molecule has 11 heteroatoms. The number of ether oxygens (including phenoxy) is 1. The first-order valence-corrected chi connectivity index (χ1v) is 13.5. The van der Waals surface area contributed by atoms with Gasteiger partial charge in [0, 0.05) is 43.6 Å². The number of thiazole rings is 1. The summed E-state index contributed by atoms with van der Waals surface area (Å²) in [7, 11) is 0. The van der Waals surface area contributed by atoms with E-state index in [0.717, 1.165) is 41.6 Å². The minimum Gasteiger partial charge on any atom is -0.389 e. The monoisotopic (exact) mass is 524 g/mol. The fourth-order valence-electron chi connectivity index (χ4n) is 4.93. The molecule has 1 aliphatic carbocycles. The van der Waals surface area contributed by atoms with Gasteiger partial charge in [-0.15, -0.1) is 11.3 Å². The van der Waals surface area contributed by atoms with Gasteiger partial charge in [0.15, 0.2) is 0 Å². The maximum atomic E-state index is 13.3. The van der Waals surface area contributed by atoms with Crippen LogP contribution in [-0.2, 0) is 9.53 Å². The van der Waals surface area contributed by atoms with Crippen LogP contribution in [0, 0.1) is 0 Å². The van der Waals surface area contributed by atoms with Crippen molar-refractivity contribution in [3.63, 3.8) is 0 Å². The van der Waals surface area contributed by atoms with Crippen molar-refractivity contribution in [2.24, 2.45) is 0 Å². The summed E-state index contributed by atoms with van der Waals surface area (Å²) in [6.07, 6.45) is 4.77. The molecule has 1 unspecified atom stereocenters. The van der Waals surface area contributed by atoms with Crippen LogP contribution in [0.5, 0.6) is 0 Å². The van der Waals surface area contributed by atoms with E-state index in [-0.39, 0.29) is 36.5 Å². The molecule has 3 heterocycles. The maximum Gasteiger partial charge on any atom is 0.255 e. The molecule has 196 valence electrons. The number of hydrogen-bond donors (Lipinski definition) is 5. The predicted molar refractivity (Wildman–Crippen MR) is 143 cm³/mol. The number of fused-ring (bicyclic) bond motifs is 1. The summed E-state index contributed by atoms with van der Waals surface area (Å²) in [5.41, 5.74) is 4.65. The average Bonchev–Trinajstić information content (AvgIpc) is 3.34. The highest BCUT2D eigenvalue weighted by Gasteiger charge is 2.27. The highest BCUT2D eigenvalue weighted by Crippen LogP contribution is 2.28. The second-order valence-corrected chi connectivity index (χ2v) is 10.6. The molecule has 5 N–H and O–H groups in total. The van der Waals surface area contributed by atoms with E-state index >= 15 is 0 Å². The number of carbonyl (C=O) groups is 2. The molecular formula is C26H32N6O4S. The van der Waals surface area contributed by atoms with Crippen LogP contribution in [0.3, 0.4) is 0 Å². The van der Waals surface area contributed by atoms with Gasteiger partial charge in [0.2, 0.25) is 5.91 Å². The molecule has 2 aliphatic rings. The quantitative estimate of drug-likeness (QED) is 0.318. The van der Waals surface area contributed by atoms with Crippen molar-refractivity contribution in [1.29, 1.82) is 0 Å². The van der Waals surface area contributed by atoms with Crippen LogP contribution in [-0.4, -0.2) is 64.3 Å². The van der Waals surface area contributed by atoms with Crippen LogP contribution in [0.25, 0.3) is 10.2 Å². The number of rotatable bonds is 7. The summed E-state index contributed by atoms with van der Waals surface area (Å²) in [5, 5.41) is 23.2. The number of aliphatic hydroxyl groups excluding tert-OH is 1. The fourth-order valence-corrected chi connectivity index (χ4v) is 5.64. The number of pyridine rings is 1. The molecule has 37 heavy (non-hydrogen) atoms. The molecule has 1 aromatic carbocycles. The molecule has 0 bridgehead atoms. The van der Waals surface area contributed by atoms with E-state index in [9.17, 15) is 14.7 Å². The molecule has 5 rings (SSSR count). The lowest BCUT2D eigenvalue weighted by Gasteiger charge is -2.31. The number of amides is 2. The van der Waals surface area contributed by atoms with Crippen LogP contribution >= 0.6 is 11.3 Å². The van der Waals surface area contributed by atoms with Crippen LogP contribution in [0.15, 0.2) is 36.0 Å². The highest BCUT2D eigenvalue weighted by atomic mass is 32.1. The Bertz CT molecular complexity index is 1260. The van der Waals surface area contributed by atoms with Gasteiger partial charge in [-0.05, 0) is 50.3 Å². The molecule has 3 aromatic rings. The predicted octanol–water partition coefficient (Wildman–Crippen LogP) is 3.17. The lowest BCUT2D eigenvalue weighted by atomic mass is 9.91. The van der Waals surface area contributed by atoms with Crippen LogP contribution in [0.4, 0.5) is 17.2 Å². The summed E-state index contributed by atoms with van der Waals surface area (Å²) < 4.78 is 6.43. The first kappa shape index (κ1) is 25.4. The largest absolute Gasteiger partial charge is 0.389 e. The molecule has 1 saturated heterocycles. The number of benzene rings is 1. The second kappa shape index (κ2) is 11.4. The van der Waals surface area contributed by atoms with Crippen LogP contribution in [0.2, 0.25) is 0 Å². The van der Waals surface area contributed by atoms with Crippen molar-refractivity contribution in [3.8, 4) is 0 Å². The first-order chi connectivity index (χ1) is 17.9. The standard InChI is InChI=1S/C26H32N6O4S/c1-15(33)29-16-2-4-17(5-3-16)31-26(35)19-12-27-25(11-22(19)32-20-8-9-36-13-23(20)34)30-18-6-7-21-24(10-18)37-14-28-21/h6-7,10-12,14,16-17,20,23,34H,2-5,8-9,13H2,1H3,(H,29,33)(H,31,35)(H2,27,30,32)/t16?,17?,20?,23-/m0/s1. The van der Waals surface area contributed by atoms with Gasteiger partial charge in [-0.3, -0.25) is 9.59 Å². The molecule has 0 spiro atoms. The normalized spacial score (nSPS) is 23.8. The third kappa shape index (κ3) is 6.35. The number of aromatic nitrogens is 2. The Balaban J connectivity index is 1.32. The summed E-state index contributed by atoms with van der Waals surface area (Å²) in [6, 6.07) is 7.67. The first-order valence-electron chi connectivity index (χ1n) is 12.7. The van der Waals surface area contributed by atoms with Crippen molar-refractivity contribution in [2.75, 3.05) is 23.8 Å². The summed E-state index contributed by atoms with van der Waals surface area (Å²) >= 11 is 1.57. The Morgan fingerprint density at radius 1 is 1.05 bits per heavy atom. The number of hydrogen-bond acceptors (Lipinski definition) is 9. The molecule has 2 atom stereocenters. The highest BCUT2D eigenvalue weighted by molar-refractivity contribution is 7.16. The minimum absolute atomic E-state index is 0.0229. The zero-order chi connectivity index (χ0) is 25.8. The van der Waals surface area contributed by atoms with Gasteiger partial charge in [0.05, 0.1) is 45.7 Å². The van der Waals surface area contributed by atoms with E-state index < -0.39 is 6.10 Å². The van der Waals surface area contributed by atoms with Gasteiger partial charge in [-0.2, -0.15) is 0 Å². The molecule has 1 aliphatic heterocycles. The topological polar surface area (TPSA) is 138 Å². The smallest absolute Gasteiger partial charge is 0.255 e. The number of nitrogens with one attached hydrogen (secondary N) is 4. The van der Waals surface area contributed by atoms with Crippen LogP contribution < -0.4 is 21.3 Å². The van der Waals surface area contributed by atoms with Gasteiger partial charge in [-0.25, -0.2) is 9.97 Å². The minimum atomic E-state index is -0.674. The van der Waals surface area contributed by atoms with Gasteiger partial charge in [0.1, 0.15) is 5.82 Å². The molecule has 10 nitrogen and oxygen atoms in total. The van der Waals surface area contributed by atoms with Crippen molar-refractivity contribution in [3.05, 3.63) is 41.5 Å². The third-order valence-corrected chi connectivity index (χ3v) is 7.68. The Kier molecular flexibility index (Phi) is 7.82. The Morgan fingerprint density at radius 2 is 1.84 bits per heavy atom. The van der Waals surface area contributed by atoms with E-state index in [2.05, 4.69) is 31.2 Å². The SMILES string of the molecule is CC(=O)NC1CCC(NC(=O)c2cnc(Nc3ccc4ncsc4c3)cc2NC2CCOC[C@@H]2O)CC1. The summed E-state index contributed by atoms with van der Waals surface area (Å²) in [6.45, 7) is 2.32. The van der Waals surface area contributed by atoms with Gasteiger partial charge in [0.25, 0.3) is 5.91 Å². The third-order valence-electron chi connectivity index (χ3n) is 6.89. The van der Waals surface area contributed by atoms with Gasteiger partial charge in [-0.1, -0.05) is 0 Å². The number of carbonyl (C=O) groups excluding carboxylic acids is 2. The second-order valence-electron chi connectivity index (χ2n) is 9.68. The van der Waals surface area contributed by atoms with Gasteiger partial charge >= 0.3 is 0 Å². The van der Waals surface area contributed by atoms with Crippen molar-refractivity contribution in [2.45, 2.75) is 63.3 Å². The summed E-state index contributed by atoms with van der Waals surface area (Å²) in [4.78, 5) is 33.5. The molecule has 2 aromatic heterocycles. The van der Waals surface area contributed by atoms with Crippen molar-refractivity contribution >= 4 is 50.6 Å². The molecule has 0 radical (unpaired) electrons. The lowest BCUT2D eigenvalue weighted by molar-refractivity contribution is -0.119. The maximum absolute atomic E-state index is 13.3. The number of nitrogens with zero attached hydrogens (tertiary/aromatic N) is 2. The average molecular weight is 525 g/mol. The van der Waals surface area contributed by atoms with E-state index in [1.54, 1.807) is 17.5 Å². The number of aliphatic hydroxyl groups is 1. The Hall–Kier alpha value is -3.28. The molecule has 1 saturated carbocycles. The van der Waals surface area contributed by atoms with Gasteiger partial charge < -0.3 is 31.1 Å². The van der Waals surface area contributed by atoms with E-state index in [0.29, 0.717) is 30.1 Å². The fraction of sp³-hybridized carbons (Fsp3) is 0.462. The number of anilines is 3. The van der Waals surface area contributed by atoms with Crippen molar-refractivity contribution < 1.29 is 19.4 Å². The lowest BCUT2D eigenvalue weighted by Crippen LogP contribution is -2.44. The Morgan fingerprint density at radius 3 is 2.59 bits per heavy atom. The van der Waals surface area contributed by atoms with E-state index in [1.165, 1.54) is 6.92 Å². The molecule has 2 amide bonds. The Labute approximate surface area is 219 Å². The van der Waals surface area contributed by atoms with E-state index in [1.807, 2.05) is 29.8 Å². The summed E-state index contributed by atoms with van der Waals surface area (Å²) in [5.74, 6) is 0.350. The zero-order valence-electron chi connectivity index (χ0n) is 20.7. The van der Waals surface area contributed by atoms with Crippen molar-refractivity contribution in [1.82, 2.24) is 20.6 Å². The molecule has 2 fully saturated rings.